The quantitative estimate of drug-likeness (QED) is 0.253. The predicted molar refractivity (Wildman–Crippen MR) is 38.0 cm³/mol. The maximum absolute atomic E-state index is 5.22. The first kappa shape index (κ1) is 10.1. The second-order valence-corrected chi connectivity index (χ2v) is 2.57. The van der Waals surface area contributed by atoms with E-state index in [-0.39, 0.29) is 0 Å². The van der Waals surface area contributed by atoms with E-state index in [1.165, 1.54) is 0 Å². The highest BCUT2D eigenvalue weighted by molar-refractivity contribution is 6.30. The molecule has 60 valence electrons. The van der Waals surface area contributed by atoms with E-state index >= 15 is 0 Å². The molecule has 0 aliphatic heterocycles. The van der Waals surface area contributed by atoms with Crippen molar-refractivity contribution in [2.45, 2.75) is 19.4 Å². The third kappa shape index (κ3) is 8.06. The van der Waals surface area contributed by atoms with E-state index in [0.29, 0.717) is 22.9 Å². The molecule has 0 saturated carbocycles. The molecule has 0 rings (SSSR count). The van der Waals surface area contributed by atoms with Gasteiger partial charge in [0.15, 0.2) is 0 Å². The Morgan fingerprint density at radius 3 is 2.60 bits per heavy atom. The molecule has 0 saturated heterocycles. The Hall–Kier alpha value is 0.0569. The molecule has 0 aliphatic rings. The van der Waals surface area contributed by atoms with Crippen LogP contribution in [0.4, 0.5) is 0 Å². The molecule has 0 spiro atoms. The molecular formula is C5H13NO3Si. The fourth-order valence-electron chi connectivity index (χ4n) is 0.286. The third-order valence-electron chi connectivity index (χ3n) is 0.713. The molecule has 0 atom stereocenters. The van der Waals surface area contributed by atoms with Gasteiger partial charge in [-0.25, -0.2) is 9.78 Å². The Morgan fingerprint density at radius 1 is 1.30 bits per heavy atom. The van der Waals surface area contributed by atoms with E-state index in [2.05, 4.69) is 14.8 Å². The monoisotopic (exact) mass is 163 g/mol. The second-order valence-electron chi connectivity index (χ2n) is 1.67. The predicted octanol–water partition coefficient (Wildman–Crippen LogP) is 0.272. The molecule has 0 heterocycles. The lowest BCUT2D eigenvalue weighted by molar-refractivity contribution is -0.511. The molecule has 2 N–H and O–H groups in total. The molecule has 5 heteroatoms. The first-order valence-electron chi connectivity index (χ1n) is 3.26. The molecule has 0 aromatic carbocycles. The normalized spacial score (nSPS) is 10.2. The molecule has 0 aromatic heterocycles. The van der Waals surface area contributed by atoms with E-state index in [0.717, 1.165) is 12.5 Å². The van der Waals surface area contributed by atoms with Crippen molar-refractivity contribution < 1.29 is 14.8 Å². The van der Waals surface area contributed by atoms with Crippen LogP contribution in [-0.4, -0.2) is 22.9 Å². The maximum atomic E-state index is 5.22. The third-order valence-corrected chi connectivity index (χ3v) is 1.21. The fraction of sp³-hybridized carbons (Fsp3) is 1.00. The fourth-order valence-corrected chi connectivity index (χ4v) is 0.487. The molecule has 4 nitrogen and oxygen atoms in total. The minimum atomic E-state index is 0.409. The van der Waals surface area contributed by atoms with Crippen LogP contribution in [0.15, 0.2) is 0 Å². The van der Waals surface area contributed by atoms with Crippen molar-refractivity contribution in [1.29, 1.82) is 0 Å². The smallest absolute Gasteiger partial charge is 0.138 e. The van der Waals surface area contributed by atoms with E-state index in [9.17, 15) is 0 Å². The van der Waals surface area contributed by atoms with Gasteiger partial charge in [-0.05, 0) is 12.5 Å². The van der Waals surface area contributed by atoms with Gasteiger partial charge in [0.25, 0.3) is 0 Å². The highest BCUT2D eigenvalue weighted by Gasteiger charge is 1.88. The van der Waals surface area contributed by atoms with Gasteiger partial charge in [0.1, 0.15) is 9.68 Å². The lowest BCUT2D eigenvalue weighted by atomic mass is 10.5. The average molecular weight is 163 g/mol. The van der Waals surface area contributed by atoms with Crippen LogP contribution in [0.5, 0.6) is 0 Å². The largest absolute Gasteiger partial charge is 0.353 e. The van der Waals surface area contributed by atoms with Crippen LogP contribution in [0.2, 0.25) is 6.04 Å². The molecular weight excluding hydrogens is 150 g/mol. The zero-order valence-corrected chi connectivity index (χ0v) is 7.13. The Balaban J connectivity index is 2.65. The Bertz CT molecular complexity index is 56.9. The van der Waals surface area contributed by atoms with E-state index in [1.54, 1.807) is 0 Å². The van der Waals surface area contributed by atoms with E-state index < -0.39 is 0 Å². The van der Waals surface area contributed by atoms with Crippen molar-refractivity contribution in [2.75, 3.05) is 13.2 Å². The Kier molecular flexibility index (Phi) is 9.11. The average Bonchev–Trinajstić information content (AvgIpc) is 1.97. The van der Waals surface area contributed by atoms with Crippen LogP contribution in [-0.2, 0) is 14.8 Å². The molecule has 2 radical (unpaired) electrons. The minimum absolute atomic E-state index is 0.409. The zero-order valence-electron chi connectivity index (χ0n) is 6.13. The zero-order chi connectivity index (χ0) is 7.66. The minimum Gasteiger partial charge on any atom is -0.353 e. The number of hydrogen-bond acceptors (Lipinski definition) is 4. The van der Waals surface area contributed by atoms with Crippen molar-refractivity contribution in [1.82, 2.24) is 0 Å². The van der Waals surface area contributed by atoms with Gasteiger partial charge >= 0.3 is 0 Å². The lowest BCUT2D eigenvalue weighted by Crippen LogP contribution is -2.08. The SMILES string of the molecule is CCCOOOCC[Si]N. The van der Waals surface area contributed by atoms with Crippen LogP contribution in [0.3, 0.4) is 0 Å². The van der Waals surface area contributed by atoms with Gasteiger partial charge in [-0.15, -0.1) is 0 Å². The highest BCUT2D eigenvalue weighted by atomic mass is 28.2. The molecule has 0 aliphatic carbocycles. The van der Waals surface area contributed by atoms with Crippen molar-refractivity contribution >= 4 is 9.68 Å². The van der Waals surface area contributed by atoms with Crippen LogP contribution in [0.25, 0.3) is 0 Å². The van der Waals surface area contributed by atoms with Gasteiger partial charge in [-0.1, -0.05) is 12.0 Å². The summed E-state index contributed by atoms with van der Waals surface area (Å²) in [5.74, 6) is 0. The molecule has 0 bridgehead atoms. The maximum Gasteiger partial charge on any atom is 0.138 e. The van der Waals surface area contributed by atoms with Crippen molar-refractivity contribution in [3.63, 3.8) is 0 Å². The van der Waals surface area contributed by atoms with Gasteiger partial charge in [-0.3, -0.25) is 0 Å². The number of rotatable bonds is 7. The Labute approximate surface area is 63.4 Å². The van der Waals surface area contributed by atoms with Crippen LogP contribution in [0, 0.1) is 0 Å². The van der Waals surface area contributed by atoms with E-state index in [1.807, 2.05) is 6.92 Å². The molecule has 10 heavy (non-hydrogen) atoms. The first-order valence-corrected chi connectivity index (χ1v) is 4.54. The molecule has 0 fully saturated rings. The summed E-state index contributed by atoms with van der Waals surface area (Å²) in [5, 5.41) is 9.55. The summed E-state index contributed by atoms with van der Waals surface area (Å²) in [5.41, 5.74) is 0. The van der Waals surface area contributed by atoms with Gasteiger partial charge in [0, 0.05) is 0 Å². The summed E-state index contributed by atoms with van der Waals surface area (Å²) < 4.78 is 0. The first-order chi connectivity index (χ1) is 4.91. The summed E-state index contributed by atoms with van der Waals surface area (Å²) in [4.78, 5) is 9.15. The van der Waals surface area contributed by atoms with Crippen LogP contribution >= 0.6 is 0 Å². The summed E-state index contributed by atoms with van der Waals surface area (Å²) in [6.45, 7) is 3.05. The number of hydrogen-bond donors (Lipinski definition) is 1. The van der Waals surface area contributed by atoms with Crippen LogP contribution < -0.4 is 5.40 Å². The summed E-state index contributed by atoms with van der Waals surface area (Å²) in [7, 11) is 0.409. The van der Waals surface area contributed by atoms with Crippen molar-refractivity contribution in [3.8, 4) is 0 Å². The van der Waals surface area contributed by atoms with Crippen molar-refractivity contribution in [2.24, 2.45) is 5.40 Å². The topological polar surface area (TPSA) is 53.7 Å². The number of nitrogens with two attached hydrogens (primary N) is 1. The van der Waals surface area contributed by atoms with Crippen molar-refractivity contribution in [3.05, 3.63) is 0 Å². The van der Waals surface area contributed by atoms with Crippen LogP contribution in [0.1, 0.15) is 13.3 Å². The summed E-state index contributed by atoms with van der Waals surface area (Å²) in [6.07, 6.45) is 0.919. The lowest BCUT2D eigenvalue weighted by Gasteiger charge is -1.99. The molecule has 0 unspecified atom stereocenters. The molecule has 0 amide bonds. The highest BCUT2D eigenvalue weighted by Crippen LogP contribution is 1.85. The van der Waals surface area contributed by atoms with Gasteiger partial charge < -0.3 is 5.40 Å². The van der Waals surface area contributed by atoms with Gasteiger partial charge in [0.05, 0.1) is 13.2 Å². The van der Waals surface area contributed by atoms with Gasteiger partial charge in [0.2, 0.25) is 0 Å². The summed E-state index contributed by atoms with van der Waals surface area (Å²) in [6, 6.07) is 0.815. The second kappa shape index (κ2) is 9.06. The molecule has 0 aromatic rings. The Morgan fingerprint density at radius 2 is 2.00 bits per heavy atom. The standard InChI is InChI=1S/C5H13NO3Si/c1-2-3-7-9-8-4-5-10-6/h2-6H2,1H3. The summed E-state index contributed by atoms with van der Waals surface area (Å²) >= 11 is 0. The van der Waals surface area contributed by atoms with E-state index in [4.69, 9.17) is 5.40 Å². The van der Waals surface area contributed by atoms with Gasteiger partial charge in [-0.2, -0.15) is 0 Å².